The number of hydrogen-bond acceptors (Lipinski definition) is 2. The second-order valence-electron chi connectivity index (χ2n) is 3.07. The first-order valence-electron chi connectivity index (χ1n) is 4.58. The highest BCUT2D eigenvalue weighted by atomic mass is 32.1. The molecule has 1 N–H and O–H groups in total. The second kappa shape index (κ2) is 6.99. The van der Waals surface area contributed by atoms with Gasteiger partial charge in [0.2, 0.25) is 0 Å². The van der Waals surface area contributed by atoms with Gasteiger partial charge in [-0.15, -0.1) is 0 Å². The molecule has 0 heterocycles. The molecule has 11 heavy (non-hydrogen) atoms. The average molecular weight is 176 g/mol. The van der Waals surface area contributed by atoms with Gasteiger partial charge in [0.05, 0.1) is 6.10 Å². The Morgan fingerprint density at radius 3 is 2.27 bits per heavy atom. The minimum Gasteiger partial charge on any atom is -0.392 e. The molecule has 0 radical (unpaired) electrons. The SMILES string of the molecule is CCCCC(O)C(S)CCC. The molecule has 1 nitrogen and oxygen atoms in total. The van der Waals surface area contributed by atoms with Crippen molar-refractivity contribution in [3.63, 3.8) is 0 Å². The molecule has 2 unspecified atom stereocenters. The molecule has 0 aliphatic rings. The molecule has 0 fully saturated rings. The van der Waals surface area contributed by atoms with E-state index in [1.807, 2.05) is 0 Å². The molecule has 0 amide bonds. The second-order valence-corrected chi connectivity index (χ2v) is 3.73. The minimum absolute atomic E-state index is 0.187. The van der Waals surface area contributed by atoms with Crippen molar-refractivity contribution < 1.29 is 5.11 Å². The van der Waals surface area contributed by atoms with Crippen LogP contribution >= 0.6 is 12.6 Å². The van der Waals surface area contributed by atoms with Crippen molar-refractivity contribution in [1.29, 1.82) is 0 Å². The summed E-state index contributed by atoms with van der Waals surface area (Å²) in [6.45, 7) is 4.26. The molecule has 0 rings (SSSR count). The molecular formula is C9H20OS. The van der Waals surface area contributed by atoms with Gasteiger partial charge in [0.25, 0.3) is 0 Å². The molecule has 0 spiro atoms. The Labute approximate surface area is 75.6 Å². The summed E-state index contributed by atoms with van der Waals surface area (Å²) in [5.41, 5.74) is 0. The number of unbranched alkanes of at least 4 members (excludes halogenated alkanes) is 1. The summed E-state index contributed by atoms with van der Waals surface area (Å²) < 4.78 is 0. The molecule has 2 heteroatoms. The van der Waals surface area contributed by atoms with Crippen LogP contribution in [0.1, 0.15) is 46.0 Å². The fourth-order valence-corrected chi connectivity index (χ4v) is 1.50. The molecule has 0 aromatic carbocycles. The summed E-state index contributed by atoms with van der Waals surface area (Å²) in [5.74, 6) is 0. The number of thiol groups is 1. The van der Waals surface area contributed by atoms with Crippen molar-refractivity contribution in [3.8, 4) is 0 Å². The van der Waals surface area contributed by atoms with E-state index >= 15 is 0 Å². The molecule has 0 aromatic heterocycles. The van der Waals surface area contributed by atoms with Crippen LogP contribution in [0.15, 0.2) is 0 Å². The van der Waals surface area contributed by atoms with Crippen LogP contribution < -0.4 is 0 Å². The van der Waals surface area contributed by atoms with Gasteiger partial charge in [-0.3, -0.25) is 0 Å². The van der Waals surface area contributed by atoms with Crippen LogP contribution in [-0.2, 0) is 0 Å². The van der Waals surface area contributed by atoms with E-state index in [1.54, 1.807) is 0 Å². The maximum Gasteiger partial charge on any atom is 0.0656 e. The third kappa shape index (κ3) is 5.57. The van der Waals surface area contributed by atoms with E-state index < -0.39 is 0 Å². The Balaban J connectivity index is 3.38. The van der Waals surface area contributed by atoms with Gasteiger partial charge in [0.15, 0.2) is 0 Å². The normalized spacial score (nSPS) is 16.4. The fraction of sp³-hybridized carbons (Fsp3) is 1.00. The van der Waals surface area contributed by atoms with Crippen LogP contribution in [0.25, 0.3) is 0 Å². The van der Waals surface area contributed by atoms with E-state index in [0.29, 0.717) is 0 Å². The lowest BCUT2D eigenvalue weighted by atomic mass is 10.1. The predicted molar refractivity (Wildman–Crippen MR) is 53.2 cm³/mol. The molecule has 2 atom stereocenters. The molecule has 0 saturated carbocycles. The van der Waals surface area contributed by atoms with Crippen LogP contribution in [0.4, 0.5) is 0 Å². The Hall–Kier alpha value is 0.310. The Kier molecular flexibility index (Phi) is 7.18. The van der Waals surface area contributed by atoms with Gasteiger partial charge < -0.3 is 5.11 Å². The van der Waals surface area contributed by atoms with Crippen LogP contribution in [0.5, 0.6) is 0 Å². The van der Waals surface area contributed by atoms with Gasteiger partial charge in [0.1, 0.15) is 0 Å². The summed E-state index contributed by atoms with van der Waals surface area (Å²) in [7, 11) is 0. The third-order valence-corrected chi connectivity index (χ3v) is 2.48. The maximum absolute atomic E-state index is 9.50. The topological polar surface area (TPSA) is 20.2 Å². The number of rotatable bonds is 6. The van der Waals surface area contributed by atoms with Crippen molar-refractivity contribution in [2.45, 2.75) is 57.3 Å². The highest BCUT2D eigenvalue weighted by Crippen LogP contribution is 2.14. The van der Waals surface area contributed by atoms with E-state index in [-0.39, 0.29) is 11.4 Å². The highest BCUT2D eigenvalue weighted by molar-refractivity contribution is 7.81. The van der Waals surface area contributed by atoms with Crippen LogP contribution in [0.3, 0.4) is 0 Å². The quantitative estimate of drug-likeness (QED) is 0.596. The van der Waals surface area contributed by atoms with Gasteiger partial charge in [-0.2, -0.15) is 12.6 Å². The van der Waals surface area contributed by atoms with E-state index in [2.05, 4.69) is 26.5 Å². The molecular weight excluding hydrogens is 156 g/mol. The van der Waals surface area contributed by atoms with Gasteiger partial charge in [0, 0.05) is 5.25 Å². The Morgan fingerprint density at radius 2 is 1.82 bits per heavy atom. The monoisotopic (exact) mass is 176 g/mol. The molecule has 0 aromatic rings. The number of aliphatic hydroxyl groups is 1. The van der Waals surface area contributed by atoms with Crippen molar-refractivity contribution in [3.05, 3.63) is 0 Å². The summed E-state index contributed by atoms with van der Waals surface area (Å²) >= 11 is 4.33. The van der Waals surface area contributed by atoms with Gasteiger partial charge in [-0.05, 0) is 12.8 Å². The first-order chi connectivity index (χ1) is 5.22. The molecule has 0 aliphatic heterocycles. The Morgan fingerprint density at radius 1 is 1.18 bits per heavy atom. The van der Waals surface area contributed by atoms with Crippen molar-refractivity contribution in [1.82, 2.24) is 0 Å². The lowest BCUT2D eigenvalue weighted by molar-refractivity contribution is 0.155. The molecule has 0 saturated heterocycles. The summed E-state index contributed by atoms with van der Waals surface area (Å²) in [4.78, 5) is 0. The van der Waals surface area contributed by atoms with Gasteiger partial charge in [-0.25, -0.2) is 0 Å². The third-order valence-electron chi connectivity index (χ3n) is 1.88. The van der Waals surface area contributed by atoms with Crippen LogP contribution in [0, 0.1) is 0 Å². The standard InChI is InChI=1S/C9H20OS/c1-3-5-7-8(10)9(11)6-4-2/h8-11H,3-7H2,1-2H3. The van der Waals surface area contributed by atoms with Crippen molar-refractivity contribution >= 4 is 12.6 Å². The zero-order valence-electron chi connectivity index (χ0n) is 7.58. The van der Waals surface area contributed by atoms with Gasteiger partial charge >= 0.3 is 0 Å². The zero-order valence-corrected chi connectivity index (χ0v) is 8.48. The van der Waals surface area contributed by atoms with E-state index in [9.17, 15) is 5.11 Å². The smallest absolute Gasteiger partial charge is 0.0656 e. The van der Waals surface area contributed by atoms with Crippen molar-refractivity contribution in [2.24, 2.45) is 0 Å². The average Bonchev–Trinajstić information content (AvgIpc) is 2.00. The lowest BCUT2D eigenvalue weighted by Gasteiger charge is -2.16. The number of aliphatic hydroxyl groups excluding tert-OH is 1. The minimum atomic E-state index is -0.196. The zero-order chi connectivity index (χ0) is 8.69. The molecule has 68 valence electrons. The van der Waals surface area contributed by atoms with E-state index in [1.165, 1.54) is 0 Å². The van der Waals surface area contributed by atoms with E-state index in [0.717, 1.165) is 32.1 Å². The first-order valence-corrected chi connectivity index (χ1v) is 5.10. The first kappa shape index (κ1) is 11.3. The Bertz CT molecular complexity index is 85.6. The van der Waals surface area contributed by atoms with Crippen molar-refractivity contribution in [2.75, 3.05) is 0 Å². The summed E-state index contributed by atoms with van der Waals surface area (Å²) in [6.07, 6.45) is 5.11. The van der Waals surface area contributed by atoms with Crippen LogP contribution in [0.2, 0.25) is 0 Å². The fourth-order valence-electron chi connectivity index (χ4n) is 1.09. The summed E-state index contributed by atoms with van der Waals surface area (Å²) in [6, 6.07) is 0. The van der Waals surface area contributed by atoms with Gasteiger partial charge in [-0.1, -0.05) is 33.1 Å². The molecule has 0 aliphatic carbocycles. The largest absolute Gasteiger partial charge is 0.392 e. The number of hydrogen-bond donors (Lipinski definition) is 2. The highest BCUT2D eigenvalue weighted by Gasteiger charge is 2.12. The predicted octanol–water partition coefficient (Wildman–Crippen LogP) is 2.64. The molecule has 0 bridgehead atoms. The lowest BCUT2D eigenvalue weighted by Crippen LogP contribution is -2.20. The summed E-state index contributed by atoms with van der Waals surface area (Å²) in [5, 5.41) is 9.69. The van der Waals surface area contributed by atoms with E-state index in [4.69, 9.17) is 0 Å². The van der Waals surface area contributed by atoms with Crippen LogP contribution in [-0.4, -0.2) is 16.5 Å². The maximum atomic E-state index is 9.50.